The van der Waals surface area contributed by atoms with Crippen LogP contribution >= 0.6 is 63.7 Å². The molecule has 0 bridgehead atoms. The van der Waals surface area contributed by atoms with Crippen molar-refractivity contribution in [3.63, 3.8) is 0 Å². The van der Waals surface area contributed by atoms with Crippen LogP contribution in [0.2, 0.25) is 0 Å². The lowest BCUT2D eigenvalue weighted by molar-refractivity contribution is 0.290. The molecule has 2 nitrogen and oxygen atoms in total. The van der Waals surface area contributed by atoms with Crippen molar-refractivity contribution in [3.05, 3.63) is 17.9 Å². The lowest BCUT2D eigenvalue weighted by Crippen LogP contribution is -2.03. The maximum atomic E-state index is 5.98. The normalized spacial score (nSPS) is 10.9. The van der Waals surface area contributed by atoms with Crippen LogP contribution in [0, 0.1) is 0 Å². The van der Waals surface area contributed by atoms with Gasteiger partial charge in [0.25, 0.3) is 0 Å². The van der Waals surface area contributed by atoms with Crippen LogP contribution in [0.1, 0.15) is 65.2 Å². The minimum absolute atomic E-state index is 0.716. The molecule has 0 radical (unpaired) electrons. The number of benzene rings is 1. The Labute approximate surface area is 180 Å². The van der Waals surface area contributed by atoms with Crippen molar-refractivity contribution < 1.29 is 9.47 Å². The average molecular weight is 594 g/mol. The summed E-state index contributed by atoms with van der Waals surface area (Å²) in [5.41, 5.74) is 0. The van der Waals surface area contributed by atoms with Gasteiger partial charge in [0, 0.05) is 0 Å². The largest absolute Gasteiger partial charge is 0.491 e. The Morgan fingerprint density at radius 3 is 1.17 bits per heavy atom. The predicted octanol–water partition coefficient (Wildman–Crippen LogP) is 8.65. The molecule has 0 aliphatic rings. The molecule has 24 heavy (non-hydrogen) atoms. The number of rotatable bonds is 12. The van der Waals surface area contributed by atoms with E-state index in [1.165, 1.54) is 38.5 Å². The fourth-order valence-corrected chi connectivity index (χ4v) is 4.75. The van der Waals surface area contributed by atoms with Gasteiger partial charge in [-0.2, -0.15) is 0 Å². The first-order valence-electron chi connectivity index (χ1n) is 8.66. The molecule has 0 amide bonds. The Hall–Kier alpha value is 0.740. The van der Waals surface area contributed by atoms with E-state index in [0.717, 1.165) is 42.2 Å². The van der Waals surface area contributed by atoms with Gasteiger partial charge in [-0.15, -0.1) is 0 Å². The molecule has 0 fully saturated rings. The van der Waals surface area contributed by atoms with Gasteiger partial charge < -0.3 is 9.47 Å². The van der Waals surface area contributed by atoms with E-state index in [2.05, 4.69) is 77.6 Å². The topological polar surface area (TPSA) is 18.5 Å². The molecule has 0 aromatic heterocycles. The van der Waals surface area contributed by atoms with Crippen LogP contribution in [0.25, 0.3) is 0 Å². The third-order valence-electron chi connectivity index (χ3n) is 3.67. The molecule has 1 rings (SSSR count). The highest BCUT2D eigenvalue weighted by Gasteiger charge is 2.21. The molecule has 1 aromatic rings. The summed E-state index contributed by atoms with van der Waals surface area (Å²) in [6, 6.07) is 0. The van der Waals surface area contributed by atoms with Gasteiger partial charge in [-0.3, -0.25) is 0 Å². The standard InChI is InChI=1S/C18H26Br4O2/c1-3-5-7-9-11-23-17-13(19)15(21)18(16(22)14(17)20)24-12-10-8-6-4-2/h3-12H2,1-2H3. The number of unbranched alkanes of at least 4 members (excludes halogenated alkanes) is 6. The summed E-state index contributed by atoms with van der Waals surface area (Å²) in [6.45, 7) is 5.85. The number of ether oxygens (including phenoxy) is 2. The summed E-state index contributed by atoms with van der Waals surface area (Å²) in [6.07, 6.45) is 9.51. The van der Waals surface area contributed by atoms with Gasteiger partial charge in [0.05, 0.1) is 31.1 Å². The number of halogens is 4. The zero-order valence-corrected chi connectivity index (χ0v) is 20.7. The van der Waals surface area contributed by atoms with E-state index in [4.69, 9.17) is 9.47 Å². The van der Waals surface area contributed by atoms with E-state index >= 15 is 0 Å². The molecule has 138 valence electrons. The number of hydrogen-bond donors (Lipinski definition) is 0. The quantitative estimate of drug-likeness (QED) is 0.178. The summed E-state index contributed by atoms with van der Waals surface area (Å²) >= 11 is 14.5. The van der Waals surface area contributed by atoms with Crippen molar-refractivity contribution >= 4 is 63.7 Å². The first-order valence-corrected chi connectivity index (χ1v) is 11.8. The SMILES string of the molecule is CCCCCCOc1c(Br)c(Br)c(OCCCCCC)c(Br)c1Br. The second-order valence-electron chi connectivity index (χ2n) is 5.73. The van der Waals surface area contributed by atoms with Crippen molar-refractivity contribution in [3.8, 4) is 11.5 Å². The summed E-state index contributed by atoms with van der Waals surface area (Å²) in [5, 5.41) is 0. The zero-order chi connectivity index (χ0) is 17.9. The second kappa shape index (κ2) is 13.0. The van der Waals surface area contributed by atoms with Gasteiger partial charge >= 0.3 is 0 Å². The van der Waals surface area contributed by atoms with Gasteiger partial charge in [0.15, 0.2) is 0 Å². The third kappa shape index (κ3) is 7.16. The summed E-state index contributed by atoms with van der Waals surface area (Å²) in [5.74, 6) is 1.62. The van der Waals surface area contributed by atoms with Crippen LogP contribution < -0.4 is 9.47 Å². The molecule has 0 heterocycles. The van der Waals surface area contributed by atoms with Crippen LogP contribution in [-0.2, 0) is 0 Å². The van der Waals surface area contributed by atoms with E-state index in [0.29, 0.717) is 13.2 Å². The molecule has 0 N–H and O–H groups in total. The molecular weight excluding hydrogens is 568 g/mol. The zero-order valence-electron chi connectivity index (χ0n) is 14.4. The maximum absolute atomic E-state index is 5.98. The van der Waals surface area contributed by atoms with E-state index in [1.807, 2.05) is 0 Å². The average Bonchev–Trinajstić information content (AvgIpc) is 2.58. The van der Waals surface area contributed by atoms with Gasteiger partial charge in [-0.25, -0.2) is 0 Å². The maximum Gasteiger partial charge on any atom is 0.150 e. The Morgan fingerprint density at radius 2 is 0.875 bits per heavy atom. The van der Waals surface area contributed by atoms with E-state index in [9.17, 15) is 0 Å². The van der Waals surface area contributed by atoms with E-state index < -0.39 is 0 Å². The van der Waals surface area contributed by atoms with Crippen LogP contribution in [0.3, 0.4) is 0 Å². The molecule has 6 heteroatoms. The lowest BCUT2D eigenvalue weighted by Gasteiger charge is -2.17. The second-order valence-corrected chi connectivity index (χ2v) is 8.90. The Kier molecular flexibility index (Phi) is 12.3. The van der Waals surface area contributed by atoms with Crippen LogP contribution in [-0.4, -0.2) is 13.2 Å². The highest BCUT2D eigenvalue weighted by Crippen LogP contribution is 2.50. The van der Waals surface area contributed by atoms with Gasteiger partial charge in [-0.1, -0.05) is 52.4 Å². The van der Waals surface area contributed by atoms with Crippen molar-refractivity contribution in [2.45, 2.75) is 65.2 Å². The molecule has 0 saturated heterocycles. The van der Waals surface area contributed by atoms with E-state index in [1.54, 1.807) is 0 Å². The van der Waals surface area contributed by atoms with E-state index in [-0.39, 0.29) is 0 Å². The first kappa shape index (κ1) is 22.8. The van der Waals surface area contributed by atoms with Gasteiger partial charge in [0.1, 0.15) is 11.5 Å². The monoisotopic (exact) mass is 590 g/mol. The van der Waals surface area contributed by atoms with Crippen molar-refractivity contribution in [1.82, 2.24) is 0 Å². The van der Waals surface area contributed by atoms with Crippen LogP contribution in [0.4, 0.5) is 0 Å². The molecule has 0 saturated carbocycles. The lowest BCUT2D eigenvalue weighted by atomic mass is 10.2. The van der Waals surface area contributed by atoms with Crippen LogP contribution in [0.5, 0.6) is 11.5 Å². The Bertz CT molecular complexity index is 432. The fourth-order valence-electron chi connectivity index (χ4n) is 2.25. The van der Waals surface area contributed by atoms with Crippen molar-refractivity contribution in [1.29, 1.82) is 0 Å². The predicted molar refractivity (Wildman–Crippen MR) is 117 cm³/mol. The smallest absolute Gasteiger partial charge is 0.150 e. The van der Waals surface area contributed by atoms with Gasteiger partial charge in [-0.05, 0) is 76.6 Å². The summed E-state index contributed by atoms with van der Waals surface area (Å²) in [7, 11) is 0. The molecule has 0 aliphatic heterocycles. The van der Waals surface area contributed by atoms with Gasteiger partial charge in [0.2, 0.25) is 0 Å². The summed E-state index contributed by atoms with van der Waals surface area (Å²) < 4.78 is 15.5. The minimum Gasteiger partial charge on any atom is -0.491 e. The Balaban J connectivity index is 2.72. The molecule has 0 aliphatic carbocycles. The molecule has 0 spiro atoms. The Morgan fingerprint density at radius 1 is 0.542 bits per heavy atom. The highest BCUT2D eigenvalue weighted by molar-refractivity contribution is 9.14. The third-order valence-corrected chi connectivity index (χ3v) is 7.76. The molecule has 0 atom stereocenters. The first-order chi connectivity index (χ1) is 11.5. The molecular formula is C18H26Br4O2. The van der Waals surface area contributed by atoms with Crippen molar-refractivity contribution in [2.24, 2.45) is 0 Å². The summed E-state index contributed by atoms with van der Waals surface area (Å²) in [4.78, 5) is 0. The number of hydrogen-bond acceptors (Lipinski definition) is 2. The van der Waals surface area contributed by atoms with Crippen LogP contribution in [0.15, 0.2) is 17.9 Å². The highest BCUT2D eigenvalue weighted by atomic mass is 79.9. The fraction of sp³-hybridized carbons (Fsp3) is 0.667. The molecule has 1 aromatic carbocycles. The molecule has 0 unspecified atom stereocenters. The minimum atomic E-state index is 0.716. The van der Waals surface area contributed by atoms with Crippen molar-refractivity contribution in [2.75, 3.05) is 13.2 Å².